The summed E-state index contributed by atoms with van der Waals surface area (Å²) in [6.45, 7) is 4.00. The zero-order valence-corrected chi connectivity index (χ0v) is 10.5. The zero-order valence-electron chi connectivity index (χ0n) is 9.73. The standard InChI is InChI=1S/C13H13NO2S/c1-3-9-4-6-10(7-5-9)11-8(2)17-12(14-11)13(15)16/h4-7H,3H2,1-2H3,(H,15,16). The highest BCUT2D eigenvalue weighted by Gasteiger charge is 2.14. The number of hydrogen-bond donors (Lipinski definition) is 1. The molecular weight excluding hydrogens is 234 g/mol. The second-order valence-electron chi connectivity index (χ2n) is 3.78. The lowest BCUT2D eigenvalue weighted by atomic mass is 10.1. The van der Waals surface area contributed by atoms with E-state index in [4.69, 9.17) is 5.11 Å². The minimum Gasteiger partial charge on any atom is -0.476 e. The van der Waals surface area contributed by atoms with Gasteiger partial charge in [-0.2, -0.15) is 0 Å². The summed E-state index contributed by atoms with van der Waals surface area (Å²) in [5, 5.41) is 9.05. The van der Waals surface area contributed by atoms with E-state index < -0.39 is 5.97 Å². The summed E-state index contributed by atoms with van der Waals surface area (Å²) in [7, 11) is 0. The van der Waals surface area contributed by atoms with E-state index in [1.807, 2.05) is 19.1 Å². The van der Waals surface area contributed by atoms with Crippen molar-refractivity contribution in [2.75, 3.05) is 0 Å². The highest BCUT2D eigenvalue weighted by Crippen LogP contribution is 2.27. The maximum absolute atomic E-state index is 10.8. The van der Waals surface area contributed by atoms with Gasteiger partial charge in [0, 0.05) is 10.4 Å². The third-order valence-corrected chi connectivity index (χ3v) is 3.57. The number of aromatic nitrogens is 1. The number of carboxylic acid groups (broad SMARTS) is 1. The van der Waals surface area contributed by atoms with E-state index in [9.17, 15) is 4.79 Å². The number of nitrogens with zero attached hydrogens (tertiary/aromatic N) is 1. The predicted molar refractivity (Wildman–Crippen MR) is 68.6 cm³/mol. The first-order valence-electron chi connectivity index (χ1n) is 5.42. The molecule has 3 nitrogen and oxygen atoms in total. The van der Waals surface area contributed by atoms with Crippen LogP contribution in [0.1, 0.15) is 27.2 Å². The van der Waals surface area contributed by atoms with Crippen molar-refractivity contribution >= 4 is 17.3 Å². The molecule has 0 amide bonds. The van der Waals surface area contributed by atoms with Crippen molar-refractivity contribution in [3.8, 4) is 11.3 Å². The molecule has 0 aliphatic carbocycles. The average Bonchev–Trinajstić information content (AvgIpc) is 2.72. The Morgan fingerprint density at radius 2 is 2.00 bits per heavy atom. The minimum absolute atomic E-state index is 0.150. The Hall–Kier alpha value is -1.68. The molecular formula is C13H13NO2S. The second-order valence-corrected chi connectivity index (χ2v) is 4.98. The molecule has 0 saturated carbocycles. The lowest BCUT2D eigenvalue weighted by Gasteiger charge is -2.00. The van der Waals surface area contributed by atoms with Crippen molar-refractivity contribution in [3.63, 3.8) is 0 Å². The van der Waals surface area contributed by atoms with Crippen molar-refractivity contribution in [1.82, 2.24) is 4.98 Å². The van der Waals surface area contributed by atoms with Crippen LogP contribution in [0, 0.1) is 6.92 Å². The molecule has 1 N–H and O–H groups in total. The van der Waals surface area contributed by atoms with Crippen molar-refractivity contribution in [1.29, 1.82) is 0 Å². The third-order valence-electron chi connectivity index (χ3n) is 2.62. The maximum Gasteiger partial charge on any atom is 0.365 e. The number of aryl methyl sites for hydroxylation is 2. The summed E-state index contributed by atoms with van der Waals surface area (Å²) in [5.41, 5.74) is 3.01. The normalized spacial score (nSPS) is 10.5. The number of carbonyl (C=O) groups is 1. The van der Waals surface area contributed by atoms with Crippen molar-refractivity contribution in [3.05, 3.63) is 39.7 Å². The molecule has 0 fully saturated rings. The van der Waals surface area contributed by atoms with Crippen LogP contribution in [0.5, 0.6) is 0 Å². The molecule has 2 aromatic rings. The molecule has 4 heteroatoms. The van der Waals surface area contributed by atoms with Crippen LogP contribution in [0.25, 0.3) is 11.3 Å². The lowest BCUT2D eigenvalue weighted by molar-refractivity contribution is 0.0696. The molecule has 0 radical (unpaired) electrons. The topological polar surface area (TPSA) is 50.2 Å². The Labute approximate surface area is 104 Å². The van der Waals surface area contributed by atoms with Crippen molar-refractivity contribution in [2.24, 2.45) is 0 Å². The SMILES string of the molecule is CCc1ccc(-c2nc(C(=O)O)sc2C)cc1. The van der Waals surface area contributed by atoms with Crippen LogP contribution < -0.4 is 0 Å². The smallest absolute Gasteiger partial charge is 0.365 e. The molecule has 0 bridgehead atoms. The molecule has 2 rings (SSSR count). The molecule has 88 valence electrons. The molecule has 1 aromatic carbocycles. The van der Waals surface area contributed by atoms with E-state index in [0.29, 0.717) is 0 Å². The second kappa shape index (κ2) is 4.67. The number of thiazole rings is 1. The lowest BCUT2D eigenvalue weighted by Crippen LogP contribution is -1.94. The van der Waals surface area contributed by atoms with Gasteiger partial charge >= 0.3 is 5.97 Å². The quantitative estimate of drug-likeness (QED) is 0.904. The van der Waals surface area contributed by atoms with E-state index >= 15 is 0 Å². The third kappa shape index (κ3) is 2.36. The van der Waals surface area contributed by atoms with E-state index in [0.717, 1.165) is 22.6 Å². The Kier molecular flexibility index (Phi) is 3.24. The summed E-state index contributed by atoms with van der Waals surface area (Å²) < 4.78 is 0. The van der Waals surface area contributed by atoms with E-state index in [2.05, 4.69) is 24.0 Å². The molecule has 0 aliphatic rings. The fourth-order valence-corrected chi connectivity index (χ4v) is 2.43. The molecule has 1 aromatic heterocycles. The first-order valence-corrected chi connectivity index (χ1v) is 6.23. The Morgan fingerprint density at radius 3 is 2.47 bits per heavy atom. The van der Waals surface area contributed by atoms with E-state index in [1.54, 1.807) is 0 Å². The Bertz CT molecular complexity index is 543. The fraction of sp³-hybridized carbons (Fsp3) is 0.231. The van der Waals surface area contributed by atoms with Gasteiger partial charge in [-0.3, -0.25) is 0 Å². The van der Waals surface area contributed by atoms with Gasteiger partial charge in [0.05, 0.1) is 5.69 Å². The van der Waals surface area contributed by atoms with Gasteiger partial charge in [-0.25, -0.2) is 9.78 Å². The van der Waals surface area contributed by atoms with Gasteiger partial charge in [0.1, 0.15) is 0 Å². The van der Waals surface area contributed by atoms with Crippen molar-refractivity contribution in [2.45, 2.75) is 20.3 Å². The first-order chi connectivity index (χ1) is 8.11. The van der Waals surface area contributed by atoms with Gasteiger partial charge in [0.15, 0.2) is 0 Å². The fourth-order valence-electron chi connectivity index (χ4n) is 1.65. The first kappa shape index (κ1) is 11.8. The predicted octanol–water partition coefficient (Wildman–Crippen LogP) is 3.38. The van der Waals surface area contributed by atoms with Crippen LogP contribution in [-0.4, -0.2) is 16.1 Å². The summed E-state index contributed by atoms with van der Waals surface area (Å²) in [4.78, 5) is 15.9. The van der Waals surface area contributed by atoms with Gasteiger partial charge < -0.3 is 5.11 Å². The van der Waals surface area contributed by atoms with Gasteiger partial charge in [-0.1, -0.05) is 31.2 Å². The number of carboxylic acids is 1. The molecule has 0 atom stereocenters. The van der Waals surface area contributed by atoms with Crippen LogP contribution in [0.2, 0.25) is 0 Å². The summed E-state index contributed by atoms with van der Waals surface area (Å²) in [5.74, 6) is -0.963. The Morgan fingerprint density at radius 1 is 1.35 bits per heavy atom. The van der Waals surface area contributed by atoms with E-state index in [-0.39, 0.29) is 5.01 Å². The average molecular weight is 247 g/mol. The molecule has 17 heavy (non-hydrogen) atoms. The molecule has 0 spiro atoms. The van der Waals surface area contributed by atoms with Crippen LogP contribution in [0.4, 0.5) is 0 Å². The van der Waals surface area contributed by atoms with Crippen LogP contribution in [-0.2, 0) is 6.42 Å². The van der Waals surface area contributed by atoms with Crippen molar-refractivity contribution < 1.29 is 9.90 Å². The Balaban J connectivity index is 2.41. The number of benzene rings is 1. The molecule has 0 unspecified atom stereocenters. The van der Waals surface area contributed by atoms with Gasteiger partial charge in [0.25, 0.3) is 0 Å². The number of aromatic carboxylic acids is 1. The minimum atomic E-state index is -0.963. The molecule has 1 heterocycles. The summed E-state index contributed by atoms with van der Waals surface area (Å²) >= 11 is 1.22. The molecule has 0 saturated heterocycles. The highest BCUT2D eigenvalue weighted by atomic mass is 32.1. The zero-order chi connectivity index (χ0) is 12.4. The highest BCUT2D eigenvalue weighted by molar-refractivity contribution is 7.13. The number of rotatable bonds is 3. The monoisotopic (exact) mass is 247 g/mol. The van der Waals surface area contributed by atoms with E-state index in [1.165, 1.54) is 16.9 Å². The molecule has 0 aliphatic heterocycles. The summed E-state index contributed by atoms with van der Waals surface area (Å²) in [6, 6.07) is 8.09. The number of hydrogen-bond acceptors (Lipinski definition) is 3. The van der Waals surface area contributed by atoms with Gasteiger partial charge in [0.2, 0.25) is 5.01 Å². The largest absolute Gasteiger partial charge is 0.476 e. The van der Waals surface area contributed by atoms with Crippen LogP contribution >= 0.6 is 11.3 Å². The van der Waals surface area contributed by atoms with Gasteiger partial charge in [-0.05, 0) is 18.9 Å². The van der Waals surface area contributed by atoms with Crippen LogP contribution in [0.15, 0.2) is 24.3 Å². The van der Waals surface area contributed by atoms with Crippen LogP contribution in [0.3, 0.4) is 0 Å². The summed E-state index contributed by atoms with van der Waals surface area (Å²) in [6.07, 6.45) is 0.997. The van der Waals surface area contributed by atoms with Gasteiger partial charge in [-0.15, -0.1) is 11.3 Å². The maximum atomic E-state index is 10.8.